The number of nitrogens with zero attached hydrogens (tertiary/aromatic N) is 4. The molecule has 3 heterocycles. The van der Waals surface area contributed by atoms with Crippen LogP contribution in [-0.2, 0) is 0 Å². The van der Waals surface area contributed by atoms with Crippen LogP contribution in [0.2, 0.25) is 0 Å². The maximum absolute atomic E-state index is 10.8. The lowest BCUT2D eigenvalue weighted by molar-refractivity contribution is 0.313. The number of aromatic amines is 2. The molecule has 0 aliphatic carbocycles. The zero-order valence-electron chi connectivity index (χ0n) is 7.77. The fraction of sp³-hybridized carbons (Fsp3) is 0.429. The molecule has 3 N–H and O–H groups in total. The molecule has 0 bridgehead atoms. The molecule has 15 heavy (non-hydrogen) atoms. The Labute approximate surface area is 83.7 Å². The van der Waals surface area contributed by atoms with E-state index < -0.39 is 0 Å². The van der Waals surface area contributed by atoms with E-state index in [1.54, 1.807) is 10.9 Å². The second kappa shape index (κ2) is 3.02. The van der Waals surface area contributed by atoms with Crippen molar-refractivity contribution in [2.24, 2.45) is 0 Å². The third-order valence-corrected chi connectivity index (χ3v) is 2.39. The predicted octanol–water partition coefficient (Wildman–Crippen LogP) is -1.50. The second-order valence-corrected chi connectivity index (χ2v) is 3.42. The monoisotopic (exact) mass is 207 g/mol. The number of H-pyrrole nitrogens is 2. The number of hydrogen-bond donors (Lipinski definition) is 3. The standard InChI is InChI=1S/C7H9N7O/c15-7-9-6(11-12-7)5-3-14(13-10-5)4-1-8-2-4/h3-4,8H,1-2H2,(H2,9,11,12,15). The van der Waals surface area contributed by atoms with Gasteiger partial charge in [-0.1, -0.05) is 5.21 Å². The quantitative estimate of drug-likeness (QED) is 0.556. The fourth-order valence-electron chi connectivity index (χ4n) is 1.42. The summed E-state index contributed by atoms with van der Waals surface area (Å²) >= 11 is 0. The summed E-state index contributed by atoms with van der Waals surface area (Å²) in [4.78, 5) is 13.4. The minimum absolute atomic E-state index is 0.343. The van der Waals surface area contributed by atoms with Gasteiger partial charge in [0, 0.05) is 13.1 Å². The van der Waals surface area contributed by atoms with Crippen molar-refractivity contribution < 1.29 is 0 Å². The molecule has 3 rings (SSSR count). The summed E-state index contributed by atoms with van der Waals surface area (Å²) in [7, 11) is 0. The van der Waals surface area contributed by atoms with Crippen LogP contribution in [-0.4, -0.2) is 43.3 Å². The van der Waals surface area contributed by atoms with E-state index in [0.717, 1.165) is 13.1 Å². The number of rotatable bonds is 2. The van der Waals surface area contributed by atoms with Gasteiger partial charge in [0.1, 0.15) is 5.69 Å². The molecule has 0 unspecified atom stereocenters. The largest absolute Gasteiger partial charge is 0.340 e. The van der Waals surface area contributed by atoms with Gasteiger partial charge in [0.05, 0.1) is 12.2 Å². The lowest BCUT2D eigenvalue weighted by atomic mass is 10.2. The predicted molar refractivity (Wildman–Crippen MR) is 50.1 cm³/mol. The molecule has 1 saturated heterocycles. The first-order valence-electron chi connectivity index (χ1n) is 4.60. The van der Waals surface area contributed by atoms with Gasteiger partial charge in [-0.25, -0.2) is 14.6 Å². The minimum Gasteiger partial charge on any atom is -0.312 e. The average molecular weight is 207 g/mol. The van der Waals surface area contributed by atoms with Crippen LogP contribution in [0.5, 0.6) is 0 Å². The SMILES string of the molecule is O=c1[nH]nc(-c2cn(C3CNC3)nn2)[nH]1. The summed E-state index contributed by atoms with van der Waals surface area (Å²) in [5.41, 5.74) is 0.227. The minimum atomic E-state index is -0.343. The van der Waals surface area contributed by atoms with Crippen LogP contribution in [0.25, 0.3) is 11.5 Å². The van der Waals surface area contributed by atoms with Crippen molar-refractivity contribution in [3.8, 4) is 11.5 Å². The van der Waals surface area contributed by atoms with Crippen LogP contribution < -0.4 is 11.0 Å². The first-order valence-corrected chi connectivity index (χ1v) is 4.60. The molecular weight excluding hydrogens is 198 g/mol. The van der Waals surface area contributed by atoms with E-state index in [4.69, 9.17) is 0 Å². The molecule has 2 aromatic rings. The Bertz CT molecular complexity index is 519. The van der Waals surface area contributed by atoms with Crippen molar-refractivity contribution in [3.05, 3.63) is 16.7 Å². The Morgan fingerprint density at radius 2 is 2.33 bits per heavy atom. The fourth-order valence-corrected chi connectivity index (χ4v) is 1.42. The first kappa shape index (κ1) is 8.36. The van der Waals surface area contributed by atoms with Gasteiger partial charge in [-0.3, -0.25) is 4.98 Å². The third-order valence-electron chi connectivity index (χ3n) is 2.39. The second-order valence-electron chi connectivity index (χ2n) is 3.42. The molecule has 78 valence electrons. The van der Waals surface area contributed by atoms with Gasteiger partial charge in [-0.2, -0.15) is 5.10 Å². The highest BCUT2D eigenvalue weighted by Crippen LogP contribution is 2.13. The van der Waals surface area contributed by atoms with E-state index in [1.165, 1.54) is 0 Å². The van der Waals surface area contributed by atoms with E-state index in [-0.39, 0.29) is 5.69 Å². The van der Waals surface area contributed by atoms with Gasteiger partial charge in [-0.15, -0.1) is 5.10 Å². The zero-order valence-corrected chi connectivity index (χ0v) is 7.77. The molecule has 0 radical (unpaired) electrons. The molecular formula is C7H9N7O. The summed E-state index contributed by atoms with van der Waals surface area (Å²) < 4.78 is 1.78. The van der Waals surface area contributed by atoms with Gasteiger partial charge in [0.2, 0.25) is 0 Å². The molecule has 0 atom stereocenters. The highest BCUT2D eigenvalue weighted by atomic mass is 16.1. The Morgan fingerprint density at radius 3 is 2.93 bits per heavy atom. The Morgan fingerprint density at radius 1 is 1.47 bits per heavy atom. The number of hydrogen-bond acceptors (Lipinski definition) is 5. The van der Waals surface area contributed by atoms with Crippen molar-refractivity contribution in [2.45, 2.75) is 6.04 Å². The van der Waals surface area contributed by atoms with E-state index in [1.807, 2.05) is 0 Å². The molecule has 0 aromatic carbocycles. The maximum atomic E-state index is 10.8. The maximum Gasteiger partial charge on any atom is 0.340 e. The van der Waals surface area contributed by atoms with E-state index in [9.17, 15) is 4.79 Å². The third kappa shape index (κ3) is 1.34. The molecule has 1 aliphatic rings. The Kier molecular flexibility index (Phi) is 1.68. The first-order chi connectivity index (χ1) is 7.33. The molecule has 1 fully saturated rings. The molecule has 2 aromatic heterocycles. The van der Waals surface area contributed by atoms with Crippen LogP contribution in [0.1, 0.15) is 6.04 Å². The average Bonchev–Trinajstić information content (AvgIpc) is 2.70. The van der Waals surface area contributed by atoms with E-state index in [2.05, 4.69) is 30.8 Å². The smallest absolute Gasteiger partial charge is 0.312 e. The number of aromatic nitrogens is 6. The van der Waals surface area contributed by atoms with Gasteiger partial charge in [0.15, 0.2) is 5.82 Å². The van der Waals surface area contributed by atoms with Crippen molar-refractivity contribution in [1.29, 1.82) is 0 Å². The van der Waals surface area contributed by atoms with Crippen molar-refractivity contribution in [1.82, 2.24) is 35.5 Å². The van der Waals surface area contributed by atoms with Crippen LogP contribution in [0.15, 0.2) is 11.0 Å². The van der Waals surface area contributed by atoms with Crippen molar-refractivity contribution in [3.63, 3.8) is 0 Å². The normalized spacial score (nSPS) is 16.5. The van der Waals surface area contributed by atoms with Gasteiger partial charge in [-0.05, 0) is 0 Å². The van der Waals surface area contributed by atoms with Gasteiger partial charge >= 0.3 is 5.69 Å². The van der Waals surface area contributed by atoms with Gasteiger partial charge in [0.25, 0.3) is 0 Å². The summed E-state index contributed by atoms with van der Waals surface area (Å²) in [6.07, 6.45) is 1.78. The summed E-state index contributed by atoms with van der Waals surface area (Å²) in [6.45, 7) is 1.81. The molecule has 0 spiro atoms. The summed E-state index contributed by atoms with van der Waals surface area (Å²) in [5.74, 6) is 0.415. The highest BCUT2D eigenvalue weighted by Gasteiger charge is 2.20. The van der Waals surface area contributed by atoms with E-state index >= 15 is 0 Å². The molecule has 8 heteroatoms. The molecule has 0 saturated carbocycles. The summed E-state index contributed by atoms with van der Waals surface area (Å²) in [6, 6.07) is 0.358. The van der Waals surface area contributed by atoms with Gasteiger partial charge < -0.3 is 5.32 Å². The van der Waals surface area contributed by atoms with Crippen LogP contribution in [0.4, 0.5) is 0 Å². The van der Waals surface area contributed by atoms with Crippen molar-refractivity contribution >= 4 is 0 Å². The topological polar surface area (TPSA) is 104 Å². The zero-order chi connectivity index (χ0) is 10.3. The lowest BCUT2D eigenvalue weighted by Gasteiger charge is -2.26. The molecule has 0 amide bonds. The van der Waals surface area contributed by atoms with Crippen LogP contribution in [0, 0.1) is 0 Å². The van der Waals surface area contributed by atoms with Crippen LogP contribution >= 0.6 is 0 Å². The Hall–Kier alpha value is -1.96. The van der Waals surface area contributed by atoms with E-state index in [0.29, 0.717) is 17.6 Å². The Balaban J connectivity index is 1.92. The lowest BCUT2D eigenvalue weighted by Crippen LogP contribution is -2.43. The van der Waals surface area contributed by atoms with Crippen LogP contribution in [0.3, 0.4) is 0 Å². The highest BCUT2D eigenvalue weighted by molar-refractivity contribution is 5.44. The number of nitrogens with one attached hydrogen (secondary N) is 3. The van der Waals surface area contributed by atoms with Crippen molar-refractivity contribution in [2.75, 3.05) is 13.1 Å². The summed E-state index contributed by atoms with van der Waals surface area (Å²) in [5, 5.41) is 17.1. The molecule has 1 aliphatic heterocycles. The molecule has 8 nitrogen and oxygen atoms in total.